The molecule has 0 aromatic heterocycles. The summed E-state index contributed by atoms with van der Waals surface area (Å²) in [5, 5.41) is 0. The van der Waals surface area contributed by atoms with E-state index in [1.54, 1.807) is 19.2 Å². The van der Waals surface area contributed by atoms with E-state index in [0.717, 1.165) is 0 Å². The smallest absolute Gasteiger partial charge is 0.243 e. The molecule has 2 N–H and O–H groups in total. The Balaban J connectivity index is 3.14. The average Bonchev–Trinajstić information content (AvgIpc) is 2.13. The third-order valence-electron chi connectivity index (χ3n) is 2.34. The molecule has 18 heavy (non-hydrogen) atoms. The van der Waals surface area contributed by atoms with E-state index in [-0.39, 0.29) is 10.3 Å². The molecule has 102 valence electrons. The molecule has 4 nitrogen and oxygen atoms in total. The van der Waals surface area contributed by atoms with Crippen LogP contribution in [0, 0.1) is 5.41 Å². The molecular weight excluding hydrogens is 316 g/mol. The van der Waals surface area contributed by atoms with Gasteiger partial charge in [-0.15, -0.1) is 0 Å². The molecule has 0 spiro atoms. The number of benzene rings is 1. The number of hydrogen-bond acceptors (Lipinski definition) is 3. The Morgan fingerprint density at radius 3 is 2.33 bits per heavy atom. The van der Waals surface area contributed by atoms with Gasteiger partial charge >= 0.3 is 0 Å². The number of nitrogen functional groups attached to an aromatic ring is 1. The molecule has 6 heteroatoms. The molecule has 0 aliphatic rings. The summed E-state index contributed by atoms with van der Waals surface area (Å²) in [5.74, 6) is 0. The first kappa shape index (κ1) is 15.5. The minimum Gasteiger partial charge on any atom is -0.399 e. The Bertz CT molecular complexity index is 535. The van der Waals surface area contributed by atoms with Gasteiger partial charge in [-0.1, -0.05) is 20.8 Å². The molecule has 0 unspecified atom stereocenters. The maximum atomic E-state index is 12.4. The van der Waals surface area contributed by atoms with Crippen molar-refractivity contribution in [2.45, 2.75) is 25.7 Å². The highest BCUT2D eigenvalue weighted by molar-refractivity contribution is 9.10. The van der Waals surface area contributed by atoms with Crippen LogP contribution in [0.4, 0.5) is 5.69 Å². The Morgan fingerprint density at radius 2 is 1.89 bits per heavy atom. The number of halogens is 1. The van der Waals surface area contributed by atoms with Crippen LogP contribution in [-0.2, 0) is 10.0 Å². The zero-order chi connectivity index (χ0) is 14.1. The number of hydrogen-bond donors (Lipinski definition) is 1. The third kappa shape index (κ3) is 3.70. The van der Waals surface area contributed by atoms with Crippen LogP contribution in [-0.4, -0.2) is 26.3 Å². The van der Waals surface area contributed by atoms with Crippen LogP contribution in [0.3, 0.4) is 0 Å². The van der Waals surface area contributed by atoms with E-state index >= 15 is 0 Å². The van der Waals surface area contributed by atoms with Gasteiger partial charge in [-0.25, -0.2) is 12.7 Å². The number of anilines is 1. The van der Waals surface area contributed by atoms with Gasteiger partial charge in [0, 0.05) is 23.8 Å². The van der Waals surface area contributed by atoms with Gasteiger partial charge in [0.1, 0.15) is 0 Å². The van der Waals surface area contributed by atoms with E-state index < -0.39 is 10.0 Å². The van der Waals surface area contributed by atoms with E-state index in [2.05, 4.69) is 15.9 Å². The Labute approximate surface area is 117 Å². The molecule has 0 amide bonds. The highest BCUT2D eigenvalue weighted by Crippen LogP contribution is 2.28. The lowest BCUT2D eigenvalue weighted by atomic mass is 9.97. The van der Waals surface area contributed by atoms with Crippen molar-refractivity contribution in [1.29, 1.82) is 0 Å². The fourth-order valence-corrected chi connectivity index (χ4v) is 4.10. The van der Waals surface area contributed by atoms with E-state index in [1.807, 2.05) is 20.8 Å². The van der Waals surface area contributed by atoms with Gasteiger partial charge in [-0.3, -0.25) is 0 Å². The second-order valence-corrected chi connectivity index (χ2v) is 8.38. The second-order valence-electron chi connectivity index (χ2n) is 5.51. The highest BCUT2D eigenvalue weighted by atomic mass is 79.9. The fourth-order valence-electron chi connectivity index (χ4n) is 1.65. The van der Waals surface area contributed by atoms with Crippen molar-refractivity contribution in [3.8, 4) is 0 Å². The first-order valence-electron chi connectivity index (χ1n) is 5.55. The maximum absolute atomic E-state index is 12.4. The number of sulfonamides is 1. The van der Waals surface area contributed by atoms with Crippen LogP contribution >= 0.6 is 15.9 Å². The van der Waals surface area contributed by atoms with Crippen molar-refractivity contribution < 1.29 is 8.42 Å². The lowest BCUT2D eigenvalue weighted by Gasteiger charge is -2.26. The van der Waals surface area contributed by atoms with Crippen molar-refractivity contribution in [3.05, 3.63) is 22.7 Å². The largest absolute Gasteiger partial charge is 0.399 e. The zero-order valence-electron chi connectivity index (χ0n) is 11.1. The summed E-state index contributed by atoms with van der Waals surface area (Å²) in [6.07, 6.45) is 0. The summed E-state index contributed by atoms with van der Waals surface area (Å²) in [6.45, 7) is 6.44. The number of nitrogens with zero attached hydrogens (tertiary/aromatic N) is 1. The van der Waals surface area contributed by atoms with Crippen LogP contribution in [0.1, 0.15) is 20.8 Å². The van der Waals surface area contributed by atoms with Crippen molar-refractivity contribution in [2.75, 3.05) is 19.3 Å². The van der Waals surface area contributed by atoms with Crippen molar-refractivity contribution in [2.24, 2.45) is 5.41 Å². The van der Waals surface area contributed by atoms with Crippen LogP contribution in [0.15, 0.2) is 27.6 Å². The second kappa shape index (κ2) is 5.19. The molecule has 1 rings (SSSR count). The van der Waals surface area contributed by atoms with Gasteiger partial charge in [0.05, 0.1) is 4.90 Å². The summed E-state index contributed by atoms with van der Waals surface area (Å²) in [6, 6.07) is 4.70. The van der Waals surface area contributed by atoms with E-state index in [9.17, 15) is 8.42 Å². The summed E-state index contributed by atoms with van der Waals surface area (Å²) in [7, 11) is -1.90. The first-order valence-corrected chi connectivity index (χ1v) is 7.79. The average molecular weight is 335 g/mol. The summed E-state index contributed by atoms with van der Waals surface area (Å²) < 4.78 is 26.6. The molecule has 0 fully saturated rings. The van der Waals surface area contributed by atoms with Gasteiger partial charge in [0.25, 0.3) is 0 Å². The lowest BCUT2D eigenvalue weighted by Crippen LogP contribution is -2.34. The molecule has 0 saturated carbocycles. The Morgan fingerprint density at radius 1 is 1.33 bits per heavy atom. The molecule has 0 saturated heterocycles. The normalized spacial score (nSPS) is 13.0. The molecule has 0 radical (unpaired) electrons. The minimum absolute atomic E-state index is 0.0951. The maximum Gasteiger partial charge on any atom is 0.243 e. The topological polar surface area (TPSA) is 63.4 Å². The summed E-state index contributed by atoms with van der Waals surface area (Å²) in [5.41, 5.74) is 6.04. The van der Waals surface area contributed by atoms with Crippen LogP contribution in [0.5, 0.6) is 0 Å². The Hall–Kier alpha value is -0.590. The van der Waals surface area contributed by atoms with Gasteiger partial charge in [-0.2, -0.15) is 0 Å². The molecule has 0 aliphatic heterocycles. The molecular formula is C12H19BrN2O2S. The van der Waals surface area contributed by atoms with Gasteiger partial charge in [0.2, 0.25) is 10.0 Å². The van der Waals surface area contributed by atoms with E-state index in [4.69, 9.17) is 5.73 Å². The lowest BCUT2D eigenvalue weighted by molar-refractivity contribution is 0.310. The monoisotopic (exact) mass is 334 g/mol. The predicted octanol–water partition coefficient (Wildman–Crippen LogP) is 2.70. The molecule has 0 bridgehead atoms. The predicted molar refractivity (Wildman–Crippen MR) is 77.8 cm³/mol. The molecule has 0 heterocycles. The Kier molecular flexibility index (Phi) is 4.46. The SMILES string of the molecule is CN(CC(C)(C)C)S(=O)(=O)c1ccc(N)cc1Br. The van der Waals surface area contributed by atoms with Gasteiger partial charge in [-0.05, 0) is 39.5 Å². The van der Waals surface area contributed by atoms with Gasteiger partial charge < -0.3 is 5.73 Å². The van der Waals surface area contributed by atoms with Gasteiger partial charge in [0.15, 0.2) is 0 Å². The van der Waals surface area contributed by atoms with E-state index in [0.29, 0.717) is 16.7 Å². The van der Waals surface area contributed by atoms with Crippen LogP contribution in [0.25, 0.3) is 0 Å². The van der Waals surface area contributed by atoms with Crippen molar-refractivity contribution >= 4 is 31.6 Å². The minimum atomic E-state index is -3.49. The standard InChI is InChI=1S/C12H19BrN2O2S/c1-12(2,3)8-15(4)18(16,17)11-6-5-9(14)7-10(11)13/h5-7H,8,14H2,1-4H3. The van der Waals surface area contributed by atoms with Crippen LogP contribution < -0.4 is 5.73 Å². The van der Waals surface area contributed by atoms with Crippen molar-refractivity contribution in [3.63, 3.8) is 0 Å². The highest BCUT2D eigenvalue weighted by Gasteiger charge is 2.26. The summed E-state index contributed by atoms with van der Waals surface area (Å²) >= 11 is 3.25. The third-order valence-corrected chi connectivity index (χ3v) is 5.12. The number of nitrogens with two attached hydrogens (primary N) is 1. The molecule has 1 aromatic rings. The van der Waals surface area contributed by atoms with Crippen molar-refractivity contribution in [1.82, 2.24) is 4.31 Å². The van der Waals surface area contributed by atoms with Crippen LogP contribution in [0.2, 0.25) is 0 Å². The summed E-state index contributed by atoms with van der Waals surface area (Å²) in [4.78, 5) is 0.239. The first-order chi connectivity index (χ1) is 8.04. The number of rotatable bonds is 3. The quantitative estimate of drug-likeness (QED) is 0.864. The fraction of sp³-hybridized carbons (Fsp3) is 0.500. The molecule has 0 aliphatic carbocycles. The molecule has 0 atom stereocenters. The molecule has 1 aromatic carbocycles. The van der Waals surface area contributed by atoms with E-state index in [1.165, 1.54) is 10.4 Å². The zero-order valence-corrected chi connectivity index (χ0v) is 13.5.